The number of aldehydes is 1. The van der Waals surface area contributed by atoms with E-state index in [4.69, 9.17) is 0 Å². The van der Waals surface area contributed by atoms with Gasteiger partial charge in [0.05, 0.1) is 0 Å². The molecule has 1 atom stereocenters. The maximum atomic E-state index is 11.1. The van der Waals surface area contributed by atoms with E-state index in [1.807, 2.05) is 0 Å². The predicted molar refractivity (Wildman–Crippen MR) is 73.9 cm³/mol. The lowest BCUT2D eigenvalue weighted by atomic mass is 9.92. The van der Waals surface area contributed by atoms with Gasteiger partial charge in [0, 0.05) is 5.92 Å². The van der Waals surface area contributed by atoms with Crippen LogP contribution in [0.4, 0.5) is 0 Å². The number of rotatable bonds is 1. The molecule has 0 aliphatic heterocycles. The molecule has 0 amide bonds. The van der Waals surface area contributed by atoms with Crippen LogP contribution in [0.25, 0.3) is 0 Å². The largest absolute Gasteiger partial charge is 0.303 e. The average molecular weight is 232 g/mol. The second-order valence-corrected chi connectivity index (χ2v) is 5.11. The van der Waals surface area contributed by atoms with Crippen molar-refractivity contribution in [1.29, 1.82) is 0 Å². The minimum Gasteiger partial charge on any atom is -0.303 e. The van der Waals surface area contributed by atoms with E-state index in [0.29, 0.717) is 0 Å². The zero-order valence-corrected chi connectivity index (χ0v) is 11.3. The van der Waals surface area contributed by atoms with Crippen molar-refractivity contribution >= 4 is 6.29 Å². The molecule has 1 nitrogen and oxygen atoms in total. The van der Waals surface area contributed by atoms with Crippen LogP contribution in [0.1, 0.15) is 52.9 Å². The molecule has 0 saturated carbocycles. The van der Waals surface area contributed by atoms with Crippen molar-refractivity contribution in [2.75, 3.05) is 0 Å². The van der Waals surface area contributed by atoms with Crippen LogP contribution >= 0.6 is 0 Å². The number of hydrogen-bond donors (Lipinski definition) is 0. The molecule has 1 aliphatic rings. The van der Waals surface area contributed by atoms with Gasteiger partial charge in [-0.15, -0.1) is 0 Å². The van der Waals surface area contributed by atoms with E-state index in [0.717, 1.165) is 38.4 Å². The molecule has 0 N–H and O–H groups in total. The molecule has 0 aromatic heterocycles. The number of carbonyl (C=O) groups is 1. The Balaban J connectivity index is 2.83. The first-order valence-corrected chi connectivity index (χ1v) is 6.56. The van der Waals surface area contributed by atoms with E-state index in [9.17, 15) is 4.79 Å². The van der Waals surface area contributed by atoms with Crippen LogP contribution in [-0.4, -0.2) is 6.29 Å². The van der Waals surface area contributed by atoms with Crippen molar-refractivity contribution in [3.05, 3.63) is 34.9 Å². The van der Waals surface area contributed by atoms with Crippen molar-refractivity contribution in [1.82, 2.24) is 0 Å². The zero-order chi connectivity index (χ0) is 12.7. The fourth-order valence-corrected chi connectivity index (χ4v) is 2.10. The standard InChI is InChI=1S/C16H24O/c1-13-6-4-5-7-14(2)9-11-16(12-17)15(3)10-8-13/h6-7,10,12,16H,4-5,8-9,11H2,1-3H3/b13-6-,14-7-,15-10-. The lowest BCUT2D eigenvalue weighted by Crippen LogP contribution is -2.04. The first-order chi connectivity index (χ1) is 8.13. The third-order valence-corrected chi connectivity index (χ3v) is 3.50. The molecule has 17 heavy (non-hydrogen) atoms. The van der Waals surface area contributed by atoms with Crippen LogP contribution in [0.5, 0.6) is 0 Å². The lowest BCUT2D eigenvalue weighted by molar-refractivity contribution is -0.110. The summed E-state index contributed by atoms with van der Waals surface area (Å²) in [6, 6.07) is 0. The Kier molecular flexibility index (Phi) is 5.96. The van der Waals surface area contributed by atoms with E-state index >= 15 is 0 Å². The van der Waals surface area contributed by atoms with E-state index in [1.54, 1.807) is 0 Å². The molecule has 0 saturated heterocycles. The van der Waals surface area contributed by atoms with Crippen molar-refractivity contribution in [3.8, 4) is 0 Å². The summed E-state index contributed by atoms with van der Waals surface area (Å²) in [5.74, 6) is 0.102. The first-order valence-electron chi connectivity index (χ1n) is 6.56. The summed E-state index contributed by atoms with van der Waals surface area (Å²) in [7, 11) is 0. The number of carbonyl (C=O) groups excluding carboxylic acids is 1. The highest BCUT2D eigenvalue weighted by Crippen LogP contribution is 2.20. The Labute approximate surface area is 105 Å². The summed E-state index contributed by atoms with van der Waals surface area (Å²) in [5, 5.41) is 0. The smallest absolute Gasteiger partial charge is 0.127 e. The van der Waals surface area contributed by atoms with Gasteiger partial charge in [0.25, 0.3) is 0 Å². The predicted octanol–water partition coefficient (Wildman–Crippen LogP) is 4.60. The first kappa shape index (κ1) is 14.0. The van der Waals surface area contributed by atoms with Gasteiger partial charge < -0.3 is 4.79 Å². The topological polar surface area (TPSA) is 17.1 Å². The maximum Gasteiger partial charge on any atom is 0.127 e. The highest BCUT2D eigenvalue weighted by Gasteiger charge is 2.09. The van der Waals surface area contributed by atoms with E-state index in [-0.39, 0.29) is 5.92 Å². The van der Waals surface area contributed by atoms with Gasteiger partial charge in [-0.05, 0) is 52.9 Å². The molecule has 0 bridgehead atoms. The van der Waals surface area contributed by atoms with Crippen LogP contribution in [0.15, 0.2) is 34.9 Å². The van der Waals surface area contributed by atoms with Gasteiger partial charge in [0.2, 0.25) is 0 Å². The molecule has 1 unspecified atom stereocenters. The fourth-order valence-electron chi connectivity index (χ4n) is 2.10. The minimum absolute atomic E-state index is 0.102. The SMILES string of the molecule is C/C1=C/CC/C=C(/C)CCC(C=O)/C(C)=C\C1. The minimum atomic E-state index is 0.102. The third kappa shape index (κ3) is 5.16. The van der Waals surface area contributed by atoms with Crippen LogP contribution in [0.2, 0.25) is 0 Å². The molecule has 1 aliphatic carbocycles. The van der Waals surface area contributed by atoms with Crippen molar-refractivity contribution in [3.63, 3.8) is 0 Å². The molecule has 94 valence electrons. The highest BCUT2D eigenvalue weighted by atomic mass is 16.1. The monoisotopic (exact) mass is 232 g/mol. The Morgan fingerprint density at radius 1 is 1.06 bits per heavy atom. The van der Waals surface area contributed by atoms with Crippen molar-refractivity contribution in [2.45, 2.75) is 52.9 Å². The van der Waals surface area contributed by atoms with Crippen LogP contribution in [0.3, 0.4) is 0 Å². The number of allylic oxidation sites excluding steroid dienone is 6. The van der Waals surface area contributed by atoms with Crippen molar-refractivity contribution in [2.24, 2.45) is 5.92 Å². The molecule has 0 spiro atoms. The maximum absolute atomic E-state index is 11.1. The molecule has 1 heteroatoms. The molecule has 0 radical (unpaired) electrons. The van der Waals surface area contributed by atoms with Gasteiger partial charge in [0.15, 0.2) is 0 Å². The summed E-state index contributed by atoms with van der Waals surface area (Å²) < 4.78 is 0. The molecular formula is C16H24O. The molecule has 0 aromatic rings. The van der Waals surface area contributed by atoms with Gasteiger partial charge in [-0.3, -0.25) is 0 Å². The molecular weight excluding hydrogens is 208 g/mol. The summed E-state index contributed by atoms with van der Waals surface area (Å²) in [4.78, 5) is 11.1. The highest BCUT2D eigenvalue weighted by molar-refractivity contribution is 5.58. The fraction of sp³-hybridized carbons (Fsp3) is 0.562. The molecule has 0 aromatic carbocycles. The van der Waals surface area contributed by atoms with Gasteiger partial charge in [-0.25, -0.2) is 0 Å². The lowest BCUT2D eigenvalue weighted by Gasteiger charge is -2.12. The second-order valence-electron chi connectivity index (χ2n) is 5.11. The van der Waals surface area contributed by atoms with Gasteiger partial charge in [0.1, 0.15) is 6.29 Å². The van der Waals surface area contributed by atoms with Crippen molar-refractivity contribution < 1.29 is 4.79 Å². The summed E-state index contributed by atoms with van der Waals surface area (Å²) in [6.45, 7) is 6.42. The van der Waals surface area contributed by atoms with Gasteiger partial charge in [-0.1, -0.05) is 34.9 Å². The molecule has 1 rings (SSSR count). The summed E-state index contributed by atoms with van der Waals surface area (Å²) >= 11 is 0. The van der Waals surface area contributed by atoms with E-state index in [2.05, 4.69) is 39.0 Å². The number of hydrogen-bond acceptors (Lipinski definition) is 1. The van der Waals surface area contributed by atoms with Gasteiger partial charge >= 0.3 is 0 Å². The quantitative estimate of drug-likeness (QED) is 0.477. The Hall–Kier alpha value is -1.11. The molecule has 0 fully saturated rings. The Bertz CT molecular complexity index is 345. The van der Waals surface area contributed by atoms with Gasteiger partial charge in [-0.2, -0.15) is 0 Å². The van der Waals surface area contributed by atoms with E-state index in [1.165, 1.54) is 16.7 Å². The Morgan fingerprint density at radius 2 is 1.71 bits per heavy atom. The average Bonchev–Trinajstić information content (AvgIpc) is 2.31. The second kappa shape index (κ2) is 7.26. The molecule has 0 heterocycles. The third-order valence-electron chi connectivity index (χ3n) is 3.50. The Morgan fingerprint density at radius 3 is 2.35 bits per heavy atom. The zero-order valence-electron chi connectivity index (χ0n) is 11.3. The normalized spacial score (nSPS) is 32.9. The van der Waals surface area contributed by atoms with E-state index < -0.39 is 0 Å². The summed E-state index contributed by atoms with van der Waals surface area (Å²) in [5.41, 5.74) is 4.04. The van der Waals surface area contributed by atoms with Crippen LogP contribution < -0.4 is 0 Å². The van der Waals surface area contributed by atoms with Crippen LogP contribution in [-0.2, 0) is 4.79 Å². The summed E-state index contributed by atoms with van der Waals surface area (Å²) in [6.07, 6.45) is 13.2. The van der Waals surface area contributed by atoms with Crippen LogP contribution in [0, 0.1) is 5.92 Å².